The highest BCUT2D eigenvalue weighted by Crippen LogP contribution is 2.64. The summed E-state index contributed by atoms with van der Waals surface area (Å²) in [5, 5.41) is 1.02. The molecular weight excluding hydrogens is 488 g/mol. The quantitative estimate of drug-likeness (QED) is 0.479. The number of Topliss-reactive ketones (excluding diaryl/α,β-unsaturated/α-hetero) is 1. The van der Waals surface area contributed by atoms with Gasteiger partial charge in [0.2, 0.25) is 10.0 Å². The van der Waals surface area contributed by atoms with Crippen LogP contribution in [-0.2, 0) is 21.4 Å². The highest BCUT2D eigenvalue weighted by Gasteiger charge is 2.65. The standard InChI is InChI=1S/C29H32N2O5S/c1-28(2)23-8-9-29(28,26(32)15-23)18-37(33,34)31-10-11-36-27-22(17-31)13-20(14-25(27)35-3)21-12-19-6-4-5-7-24(19)30-16-21/h4-7,12-14,16,23H,8-11,15,17-18H2,1-3H3/t23-,29-/m1/s1. The maximum Gasteiger partial charge on any atom is 0.215 e. The van der Waals surface area contributed by atoms with Crippen LogP contribution in [-0.4, -0.2) is 49.5 Å². The molecule has 2 bridgehead atoms. The zero-order valence-electron chi connectivity index (χ0n) is 21.5. The first kappa shape index (κ1) is 24.4. The van der Waals surface area contributed by atoms with E-state index in [2.05, 4.69) is 24.9 Å². The Hall–Kier alpha value is -2.97. The third-order valence-corrected chi connectivity index (χ3v) is 11.1. The molecular formula is C29H32N2O5S. The van der Waals surface area contributed by atoms with E-state index < -0.39 is 15.4 Å². The third kappa shape index (κ3) is 3.76. The van der Waals surface area contributed by atoms with Gasteiger partial charge in [-0.2, -0.15) is 4.31 Å². The van der Waals surface area contributed by atoms with Gasteiger partial charge in [-0.25, -0.2) is 8.42 Å². The van der Waals surface area contributed by atoms with Crippen molar-refractivity contribution < 1.29 is 22.7 Å². The minimum absolute atomic E-state index is 0.108. The van der Waals surface area contributed by atoms with E-state index >= 15 is 0 Å². The average molecular weight is 521 g/mol. The lowest BCUT2D eigenvalue weighted by molar-refractivity contribution is -0.128. The molecule has 7 nitrogen and oxygen atoms in total. The van der Waals surface area contributed by atoms with Gasteiger partial charge >= 0.3 is 0 Å². The van der Waals surface area contributed by atoms with Crippen molar-refractivity contribution in [3.8, 4) is 22.6 Å². The first-order chi connectivity index (χ1) is 17.6. The molecule has 2 heterocycles. The van der Waals surface area contributed by atoms with Crippen molar-refractivity contribution >= 4 is 26.7 Å². The highest BCUT2D eigenvalue weighted by molar-refractivity contribution is 7.89. The maximum absolute atomic E-state index is 13.9. The Morgan fingerprint density at radius 3 is 2.70 bits per heavy atom. The van der Waals surface area contributed by atoms with Crippen LogP contribution in [0.5, 0.6) is 11.5 Å². The number of hydrogen-bond acceptors (Lipinski definition) is 6. The predicted octanol–water partition coefficient (Wildman–Crippen LogP) is 4.83. The van der Waals surface area contributed by atoms with E-state index in [9.17, 15) is 13.2 Å². The van der Waals surface area contributed by atoms with Gasteiger partial charge in [0.05, 0.1) is 18.4 Å². The molecule has 0 saturated heterocycles. The Balaban J connectivity index is 1.36. The lowest BCUT2D eigenvalue weighted by Crippen LogP contribution is -2.46. The van der Waals surface area contributed by atoms with E-state index in [-0.39, 0.29) is 42.6 Å². The number of nitrogens with zero attached hydrogens (tertiary/aromatic N) is 2. The molecule has 0 amide bonds. The minimum atomic E-state index is -3.73. The number of ketones is 1. The number of carbonyl (C=O) groups is 1. The van der Waals surface area contributed by atoms with Gasteiger partial charge in [-0.05, 0) is 54.0 Å². The van der Waals surface area contributed by atoms with Crippen molar-refractivity contribution in [1.82, 2.24) is 9.29 Å². The van der Waals surface area contributed by atoms with Gasteiger partial charge in [0.1, 0.15) is 12.4 Å². The van der Waals surface area contributed by atoms with Crippen molar-refractivity contribution in [3.63, 3.8) is 0 Å². The van der Waals surface area contributed by atoms with Crippen LogP contribution >= 0.6 is 0 Å². The number of ether oxygens (including phenoxy) is 2. The van der Waals surface area contributed by atoms with Crippen molar-refractivity contribution in [2.24, 2.45) is 16.7 Å². The number of methoxy groups -OCH3 is 1. The fourth-order valence-corrected chi connectivity index (χ4v) is 8.93. The Labute approximate surface area is 217 Å². The first-order valence-corrected chi connectivity index (χ1v) is 14.5. The minimum Gasteiger partial charge on any atom is -0.493 e. The van der Waals surface area contributed by atoms with Crippen molar-refractivity contribution in [3.05, 3.63) is 54.2 Å². The Bertz CT molecular complexity index is 1520. The molecule has 37 heavy (non-hydrogen) atoms. The highest BCUT2D eigenvalue weighted by atomic mass is 32.2. The SMILES string of the molecule is COc1cc(-c2cnc3ccccc3c2)cc2c1OCCN(S(=O)(=O)C[C@]13CC[C@H](CC1=O)C3(C)C)C2. The number of sulfonamides is 1. The van der Waals surface area contributed by atoms with Crippen LogP contribution in [0.25, 0.3) is 22.0 Å². The Kier molecular flexibility index (Phi) is 5.62. The van der Waals surface area contributed by atoms with E-state index in [0.29, 0.717) is 24.3 Å². The molecule has 2 aromatic carbocycles. The molecule has 2 fully saturated rings. The number of aromatic nitrogens is 1. The molecule has 6 rings (SSSR count). The van der Waals surface area contributed by atoms with Crippen LogP contribution in [0.4, 0.5) is 0 Å². The van der Waals surface area contributed by atoms with Crippen molar-refractivity contribution in [2.75, 3.05) is 26.0 Å². The van der Waals surface area contributed by atoms with Crippen LogP contribution in [0.1, 0.15) is 38.7 Å². The fourth-order valence-electron chi connectivity index (χ4n) is 6.76. The van der Waals surface area contributed by atoms with Gasteiger partial charge in [0.15, 0.2) is 11.5 Å². The van der Waals surface area contributed by atoms with E-state index in [1.54, 1.807) is 7.11 Å². The summed E-state index contributed by atoms with van der Waals surface area (Å²) in [6.45, 7) is 4.74. The largest absolute Gasteiger partial charge is 0.493 e. The van der Waals surface area contributed by atoms with Crippen LogP contribution in [0.3, 0.4) is 0 Å². The molecule has 3 aliphatic rings. The van der Waals surface area contributed by atoms with E-state index in [1.807, 2.05) is 42.6 Å². The van der Waals surface area contributed by atoms with Gasteiger partial charge in [-0.15, -0.1) is 0 Å². The van der Waals surface area contributed by atoms with E-state index in [1.165, 1.54) is 4.31 Å². The zero-order valence-corrected chi connectivity index (χ0v) is 22.3. The van der Waals surface area contributed by atoms with E-state index in [4.69, 9.17) is 9.47 Å². The van der Waals surface area contributed by atoms with Gasteiger partial charge in [-0.3, -0.25) is 9.78 Å². The number of rotatable bonds is 5. The van der Waals surface area contributed by atoms with Crippen LogP contribution in [0, 0.1) is 16.7 Å². The predicted molar refractivity (Wildman–Crippen MR) is 142 cm³/mol. The third-order valence-electron chi connectivity index (χ3n) is 9.17. The van der Waals surface area contributed by atoms with E-state index in [0.717, 1.165) is 34.0 Å². The molecule has 2 aliphatic carbocycles. The average Bonchev–Trinajstić information content (AvgIpc) is 3.10. The number of fused-ring (bicyclic) bond motifs is 4. The fraction of sp³-hybridized carbons (Fsp3) is 0.448. The summed E-state index contributed by atoms with van der Waals surface area (Å²) in [4.78, 5) is 17.6. The molecule has 2 atom stereocenters. The zero-order chi connectivity index (χ0) is 26.0. The lowest BCUT2D eigenvalue weighted by atomic mass is 9.70. The second-order valence-electron chi connectivity index (χ2n) is 11.2. The summed E-state index contributed by atoms with van der Waals surface area (Å²) in [5.74, 6) is 1.36. The topological polar surface area (TPSA) is 85.8 Å². The summed E-state index contributed by atoms with van der Waals surface area (Å²) in [5.41, 5.74) is 2.32. The molecule has 0 spiro atoms. The summed E-state index contributed by atoms with van der Waals surface area (Å²) >= 11 is 0. The normalized spacial score (nSPS) is 25.1. The molecule has 0 unspecified atom stereocenters. The Morgan fingerprint density at radius 2 is 1.97 bits per heavy atom. The smallest absolute Gasteiger partial charge is 0.215 e. The lowest BCUT2D eigenvalue weighted by Gasteiger charge is -2.37. The molecule has 0 radical (unpaired) electrons. The van der Waals surface area contributed by atoms with Crippen LogP contribution in [0.2, 0.25) is 0 Å². The number of benzene rings is 2. The van der Waals surface area contributed by atoms with Gasteiger partial charge in [0.25, 0.3) is 0 Å². The maximum atomic E-state index is 13.9. The van der Waals surface area contributed by atoms with Gasteiger partial charge in [0, 0.05) is 47.6 Å². The Morgan fingerprint density at radius 1 is 1.16 bits per heavy atom. The van der Waals surface area contributed by atoms with Crippen molar-refractivity contribution in [2.45, 2.75) is 39.7 Å². The molecule has 3 aromatic rings. The van der Waals surface area contributed by atoms with Crippen molar-refractivity contribution in [1.29, 1.82) is 0 Å². The molecule has 1 aromatic heterocycles. The summed E-state index contributed by atoms with van der Waals surface area (Å²) in [7, 11) is -2.14. The van der Waals surface area contributed by atoms with Gasteiger partial charge < -0.3 is 9.47 Å². The summed E-state index contributed by atoms with van der Waals surface area (Å²) < 4.78 is 40.9. The molecule has 2 saturated carbocycles. The van der Waals surface area contributed by atoms with Crippen LogP contribution in [0.15, 0.2) is 48.7 Å². The molecule has 0 N–H and O–H groups in total. The molecule has 1 aliphatic heterocycles. The van der Waals surface area contributed by atoms with Gasteiger partial charge in [-0.1, -0.05) is 32.0 Å². The second kappa shape index (κ2) is 8.53. The monoisotopic (exact) mass is 520 g/mol. The number of pyridine rings is 1. The number of carbonyl (C=O) groups excluding carboxylic acids is 1. The molecule has 194 valence electrons. The number of hydrogen-bond donors (Lipinski definition) is 0. The number of para-hydroxylation sites is 1. The molecule has 8 heteroatoms. The summed E-state index contributed by atoms with van der Waals surface area (Å²) in [6.07, 6.45) is 3.88. The first-order valence-electron chi connectivity index (χ1n) is 12.8. The van der Waals surface area contributed by atoms with Crippen LogP contribution < -0.4 is 9.47 Å². The summed E-state index contributed by atoms with van der Waals surface area (Å²) in [6, 6.07) is 13.9. The second-order valence-corrected chi connectivity index (χ2v) is 13.2.